The summed E-state index contributed by atoms with van der Waals surface area (Å²) in [6, 6.07) is 12.5. The zero-order valence-corrected chi connectivity index (χ0v) is 10.9. The van der Waals surface area contributed by atoms with Gasteiger partial charge >= 0.3 is 11.9 Å². The van der Waals surface area contributed by atoms with E-state index in [-0.39, 0.29) is 17.7 Å². The lowest BCUT2D eigenvalue weighted by Gasteiger charge is -1.99. The van der Waals surface area contributed by atoms with Crippen LogP contribution < -0.4 is 0 Å². The summed E-state index contributed by atoms with van der Waals surface area (Å²) in [7, 11) is 0. The Morgan fingerprint density at radius 3 is 2.19 bits per heavy atom. The first-order valence-electron chi connectivity index (χ1n) is 6.09. The van der Waals surface area contributed by atoms with Crippen LogP contribution in [0.3, 0.4) is 0 Å². The van der Waals surface area contributed by atoms with Crippen LogP contribution in [-0.2, 0) is 6.54 Å². The molecule has 0 fully saturated rings. The maximum atomic E-state index is 10.8. The van der Waals surface area contributed by atoms with E-state index in [1.54, 1.807) is 24.3 Å². The van der Waals surface area contributed by atoms with E-state index in [1.165, 1.54) is 24.3 Å². The van der Waals surface area contributed by atoms with Crippen LogP contribution in [0, 0.1) is 0 Å². The molecule has 21 heavy (non-hydrogen) atoms. The van der Waals surface area contributed by atoms with E-state index in [4.69, 9.17) is 10.2 Å². The topological polar surface area (TPSA) is 99.3 Å². The van der Waals surface area contributed by atoms with Gasteiger partial charge in [0.15, 0.2) is 0 Å². The zero-order valence-electron chi connectivity index (χ0n) is 10.9. The van der Waals surface area contributed by atoms with Gasteiger partial charge in [0.25, 0.3) is 0 Å². The molecule has 0 bridgehead atoms. The van der Waals surface area contributed by atoms with Gasteiger partial charge in [-0.1, -0.05) is 18.2 Å². The van der Waals surface area contributed by atoms with Gasteiger partial charge in [-0.2, -0.15) is 10.2 Å². The summed E-state index contributed by atoms with van der Waals surface area (Å²) in [4.78, 5) is 21.7. The van der Waals surface area contributed by atoms with Crippen molar-refractivity contribution in [2.24, 2.45) is 10.2 Å². The van der Waals surface area contributed by atoms with Gasteiger partial charge < -0.3 is 10.2 Å². The Balaban J connectivity index is 2.09. The molecule has 0 unspecified atom stereocenters. The Morgan fingerprint density at radius 2 is 1.52 bits per heavy atom. The van der Waals surface area contributed by atoms with Crippen LogP contribution in [0.4, 0.5) is 5.69 Å². The molecule has 0 radical (unpaired) electrons. The summed E-state index contributed by atoms with van der Waals surface area (Å²) in [5, 5.41) is 25.6. The molecule has 0 spiro atoms. The fourth-order valence-electron chi connectivity index (χ4n) is 1.70. The molecular weight excluding hydrogens is 272 g/mol. The second kappa shape index (κ2) is 6.42. The monoisotopic (exact) mass is 284 g/mol. The Labute approximate surface area is 120 Å². The van der Waals surface area contributed by atoms with Gasteiger partial charge in [-0.25, -0.2) is 9.59 Å². The fraction of sp³-hybridized carbons (Fsp3) is 0.0667. The van der Waals surface area contributed by atoms with Crippen LogP contribution in [0.2, 0.25) is 0 Å². The van der Waals surface area contributed by atoms with Crippen molar-refractivity contribution in [2.75, 3.05) is 0 Å². The minimum atomic E-state index is -1.03. The van der Waals surface area contributed by atoms with Crippen LogP contribution in [0.5, 0.6) is 0 Å². The normalized spacial score (nSPS) is 10.7. The molecular formula is C15H12N2O4. The second-order valence-corrected chi connectivity index (χ2v) is 4.26. The Bertz CT molecular complexity index is 710. The van der Waals surface area contributed by atoms with E-state index >= 15 is 0 Å². The standard InChI is InChI=1S/C15H12N2O4/c18-14(19)11-4-1-3-10(7-11)9-16-17-13-6-2-5-12(8-13)15(20)21/h1-8H,9H2,(H,18,19)(H,20,21). The zero-order chi connectivity index (χ0) is 15.2. The first-order valence-corrected chi connectivity index (χ1v) is 6.09. The lowest BCUT2D eigenvalue weighted by Crippen LogP contribution is -1.96. The number of carboxylic acids is 2. The quantitative estimate of drug-likeness (QED) is 0.822. The van der Waals surface area contributed by atoms with Gasteiger partial charge in [-0.15, -0.1) is 0 Å². The third-order valence-corrected chi connectivity index (χ3v) is 2.71. The predicted octanol–water partition coefficient (Wildman–Crippen LogP) is 3.37. The van der Waals surface area contributed by atoms with E-state index in [2.05, 4.69) is 10.2 Å². The predicted molar refractivity (Wildman–Crippen MR) is 75.0 cm³/mol. The molecule has 0 heterocycles. The smallest absolute Gasteiger partial charge is 0.335 e. The average molecular weight is 284 g/mol. The van der Waals surface area contributed by atoms with E-state index in [0.717, 1.165) is 0 Å². The summed E-state index contributed by atoms with van der Waals surface area (Å²) < 4.78 is 0. The minimum Gasteiger partial charge on any atom is -0.478 e. The summed E-state index contributed by atoms with van der Waals surface area (Å²) in [5.41, 5.74) is 1.48. The number of nitrogens with zero attached hydrogens (tertiary/aromatic N) is 2. The van der Waals surface area contributed by atoms with Gasteiger partial charge in [0.1, 0.15) is 0 Å². The highest BCUT2D eigenvalue weighted by atomic mass is 16.4. The molecule has 6 heteroatoms. The van der Waals surface area contributed by atoms with Crippen molar-refractivity contribution in [3.63, 3.8) is 0 Å². The number of azo groups is 1. The van der Waals surface area contributed by atoms with E-state index in [1.807, 2.05) is 0 Å². The highest BCUT2D eigenvalue weighted by Gasteiger charge is 2.03. The molecule has 2 aromatic carbocycles. The van der Waals surface area contributed by atoms with Crippen LogP contribution >= 0.6 is 0 Å². The fourth-order valence-corrected chi connectivity index (χ4v) is 1.70. The summed E-state index contributed by atoms with van der Waals surface area (Å²) >= 11 is 0. The molecule has 106 valence electrons. The number of hydrogen-bond donors (Lipinski definition) is 2. The molecule has 0 aliphatic rings. The summed E-state index contributed by atoms with van der Waals surface area (Å²) in [5.74, 6) is -2.02. The SMILES string of the molecule is O=C(O)c1cccc(CN=Nc2cccc(C(=O)O)c2)c1. The molecule has 0 atom stereocenters. The molecule has 0 aliphatic heterocycles. The Morgan fingerprint density at radius 1 is 0.905 bits per heavy atom. The van der Waals surface area contributed by atoms with Crippen molar-refractivity contribution in [1.82, 2.24) is 0 Å². The van der Waals surface area contributed by atoms with Gasteiger partial charge in [-0.05, 0) is 35.9 Å². The Hall–Kier alpha value is -3.02. The number of hydrogen-bond acceptors (Lipinski definition) is 4. The largest absolute Gasteiger partial charge is 0.478 e. The van der Waals surface area contributed by atoms with Crippen molar-refractivity contribution >= 4 is 17.6 Å². The van der Waals surface area contributed by atoms with Crippen LogP contribution in [0.1, 0.15) is 26.3 Å². The maximum Gasteiger partial charge on any atom is 0.335 e. The lowest BCUT2D eigenvalue weighted by atomic mass is 10.1. The van der Waals surface area contributed by atoms with Crippen molar-refractivity contribution < 1.29 is 19.8 Å². The molecule has 6 nitrogen and oxygen atoms in total. The highest BCUT2D eigenvalue weighted by Crippen LogP contribution is 2.15. The lowest BCUT2D eigenvalue weighted by molar-refractivity contribution is 0.0686. The van der Waals surface area contributed by atoms with Crippen molar-refractivity contribution in [3.8, 4) is 0 Å². The first-order chi connectivity index (χ1) is 10.1. The number of carbonyl (C=O) groups is 2. The van der Waals surface area contributed by atoms with E-state index < -0.39 is 11.9 Å². The molecule has 0 amide bonds. The van der Waals surface area contributed by atoms with E-state index in [9.17, 15) is 9.59 Å². The van der Waals surface area contributed by atoms with Gasteiger partial charge in [-0.3, -0.25) is 0 Å². The van der Waals surface area contributed by atoms with Crippen molar-refractivity contribution in [2.45, 2.75) is 6.54 Å². The number of carboxylic acid groups (broad SMARTS) is 2. The van der Waals surface area contributed by atoms with Gasteiger partial charge in [0.2, 0.25) is 0 Å². The number of rotatable bonds is 5. The molecule has 2 aromatic rings. The van der Waals surface area contributed by atoms with Crippen molar-refractivity contribution in [1.29, 1.82) is 0 Å². The molecule has 0 aromatic heterocycles. The highest BCUT2D eigenvalue weighted by molar-refractivity contribution is 5.88. The van der Waals surface area contributed by atoms with Crippen LogP contribution in [-0.4, -0.2) is 22.2 Å². The maximum absolute atomic E-state index is 10.8. The Kier molecular flexibility index (Phi) is 4.40. The van der Waals surface area contributed by atoms with Crippen LogP contribution in [0.15, 0.2) is 58.8 Å². The number of aromatic carboxylic acids is 2. The molecule has 0 aliphatic carbocycles. The minimum absolute atomic E-state index is 0.138. The van der Waals surface area contributed by atoms with E-state index in [0.29, 0.717) is 11.3 Å². The summed E-state index contributed by atoms with van der Waals surface area (Å²) in [6.45, 7) is 0.221. The second-order valence-electron chi connectivity index (χ2n) is 4.26. The molecule has 2 rings (SSSR count). The third kappa shape index (κ3) is 3.97. The average Bonchev–Trinajstić information content (AvgIpc) is 2.48. The van der Waals surface area contributed by atoms with Gasteiger partial charge in [0, 0.05) is 0 Å². The van der Waals surface area contributed by atoms with Crippen molar-refractivity contribution in [3.05, 3.63) is 65.2 Å². The van der Waals surface area contributed by atoms with Crippen LogP contribution in [0.25, 0.3) is 0 Å². The van der Waals surface area contributed by atoms with Gasteiger partial charge in [0.05, 0.1) is 23.4 Å². The molecule has 2 N–H and O–H groups in total. The first kappa shape index (κ1) is 14.4. The number of benzene rings is 2. The molecule has 0 saturated carbocycles. The third-order valence-electron chi connectivity index (χ3n) is 2.71. The summed E-state index contributed by atoms with van der Waals surface area (Å²) in [6.07, 6.45) is 0. The molecule has 0 saturated heterocycles.